The van der Waals surface area contributed by atoms with E-state index in [0.717, 1.165) is 31.1 Å². The third kappa shape index (κ3) is 8.61. The largest absolute Gasteiger partial charge is 0.494 e. The first kappa shape index (κ1) is 27.1. The highest BCUT2D eigenvalue weighted by Gasteiger charge is 2.27. The Labute approximate surface area is 208 Å². The summed E-state index contributed by atoms with van der Waals surface area (Å²) in [6.45, 7) is 2.42. The maximum absolute atomic E-state index is 13.7. The lowest BCUT2D eigenvalue weighted by Gasteiger charge is -2.18. The summed E-state index contributed by atoms with van der Waals surface area (Å²) in [6, 6.07) is 13.1. The van der Waals surface area contributed by atoms with Crippen LogP contribution in [0.25, 0.3) is 0 Å². The third-order valence-corrected chi connectivity index (χ3v) is 7.45. The standard InChI is InChI=1S/C27H36FNO5S/c1-19(22-10-13-26(28)27(17-22)33-2)15-20-6-7-23(16-20)21-8-11-25(12-9-21)34-18-24(30)5-4-14-29-35(3,31)32/h8-13,17,19-20,23,29H,4-7,14-16,18H2,1-3H3/t19-,20+,23+/m0/s1. The van der Waals surface area contributed by atoms with Gasteiger partial charge in [0.25, 0.3) is 0 Å². The van der Waals surface area contributed by atoms with Gasteiger partial charge in [-0.2, -0.15) is 0 Å². The zero-order valence-electron chi connectivity index (χ0n) is 20.8. The molecule has 192 valence electrons. The monoisotopic (exact) mass is 505 g/mol. The van der Waals surface area contributed by atoms with Gasteiger partial charge in [-0.1, -0.05) is 25.1 Å². The van der Waals surface area contributed by atoms with Gasteiger partial charge in [-0.05, 0) is 85.3 Å². The summed E-state index contributed by atoms with van der Waals surface area (Å²) in [7, 11) is -1.73. The van der Waals surface area contributed by atoms with E-state index in [2.05, 4.69) is 23.8 Å². The molecule has 3 rings (SSSR count). The molecule has 0 aromatic heterocycles. The zero-order valence-corrected chi connectivity index (χ0v) is 21.6. The number of ketones is 1. The maximum atomic E-state index is 13.7. The second kappa shape index (κ2) is 12.5. The number of halogens is 1. The number of nitrogens with one attached hydrogen (secondary N) is 1. The molecule has 0 amide bonds. The molecule has 0 saturated heterocycles. The number of carbonyl (C=O) groups is 1. The Kier molecular flexibility index (Phi) is 9.69. The van der Waals surface area contributed by atoms with E-state index in [-0.39, 0.29) is 31.2 Å². The Morgan fingerprint density at radius 3 is 2.60 bits per heavy atom. The molecule has 1 aliphatic carbocycles. The van der Waals surface area contributed by atoms with Crippen LogP contribution >= 0.6 is 0 Å². The number of Topliss-reactive ketones (excluding diaryl/α,β-unsaturated/α-hetero) is 1. The Morgan fingerprint density at radius 2 is 1.91 bits per heavy atom. The Bertz CT molecular complexity index is 1090. The van der Waals surface area contributed by atoms with Crippen LogP contribution in [0, 0.1) is 11.7 Å². The van der Waals surface area contributed by atoms with Gasteiger partial charge in [0, 0.05) is 13.0 Å². The molecule has 0 unspecified atom stereocenters. The van der Waals surface area contributed by atoms with Crippen molar-refractivity contribution in [3.63, 3.8) is 0 Å². The summed E-state index contributed by atoms with van der Waals surface area (Å²) in [5.74, 6) is 2.03. The predicted molar refractivity (Wildman–Crippen MR) is 135 cm³/mol. The normalized spacial score (nSPS) is 18.9. The van der Waals surface area contributed by atoms with Gasteiger partial charge in [0.1, 0.15) is 12.4 Å². The summed E-state index contributed by atoms with van der Waals surface area (Å²) in [4.78, 5) is 12.0. The molecule has 1 saturated carbocycles. The molecule has 0 heterocycles. The fraction of sp³-hybridized carbons (Fsp3) is 0.519. The minimum absolute atomic E-state index is 0.0181. The van der Waals surface area contributed by atoms with Crippen LogP contribution in [0.1, 0.15) is 68.4 Å². The molecule has 0 radical (unpaired) electrons. The number of rotatable bonds is 13. The van der Waals surface area contributed by atoms with Gasteiger partial charge in [0.05, 0.1) is 13.4 Å². The molecule has 1 fully saturated rings. The van der Waals surface area contributed by atoms with E-state index < -0.39 is 10.0 Å². The van der Waals surface area contributed by atoms with E-state index in [9.17, 15) is 17.6 Å². The van der Waals surface area contributed by atoms with Crippen molar-refractivity contribution < 1.29 is 27.1 Å². The highest BCUT2D eigenvalue weighted by Crippen LogP contribution is 2.43. The van der Waals surface area contributed by atoms with Crippen LogP contribution in [-0.4, -0.2) is 40.7 Å². The van der Waals surface area contributed by atoms with Crippen LogP contribution in [-0.2, 0) is 14.8 Å². The van der Waals surface area contributed by atoms with Gasteiger partial charge in [0.15, 0.2) is 17.3 Å². The number of ether oxygens (including phenoxy) is 2. The highest BCUT2D eigenvalue weighted by atomic mass is 32.2. The molecule has 0 bridgehead atoms. The molecule has 8 heteroatoms. The molecule has 35 heavy (non-hydrogen) atoms. The second-order valence-electron chi connectivity index (χ2n) is 9.57. The predicted octanol–water partition coefficient (Wildman–Crippen LogP) is 5.19. The van der Waals surface area contributed by atoms with Crippen molar-refractivity contribution in [3.8, 4) is 11.5 Å². The molecular weight excluding hydrogens is 469 g/mol. The first-order chi connectivity index (χ1) is 16.6. The molecule has 3 atom stereocenters. The number of benzene rings is 2. The smallest absolute Gasteiger partial charge is 0.208 e. The molecule has 0 spiro atoms. The van der Waals surface area contributed by atoms with Gasteiger partial charge >= 0.3 is 0 Å². The molecule has 2 aromatic rings. The zero-order chi connectivity index (χ0) is 25.4. The SMILES string of the molecule is COc1cc([C@@H](C)C[C@H]2CC[C@@H](c3ccc(OCC(=O)CCCNS(C)(=O)=O)cc3)C2)ccc1F. The van der Waals surface area contributed by atoms with Gasteiger partial charge in [-0.3, -0.25) is 4.79 Å². The van der Waals surface area contributed by atoms with Crippen LogP contribution in [0.15, 0.2) is 42.5 Å². The van der Waals surface area contributed by atoms with Crippen molar-refractivity contribution in [3.05, 3.63) is 59.4 Å². The van der Waals surface area contributed by atoms with Gasteiger partial charge in [-0.15, -0.1) is 0 Å². The maximum Gasteiger partial charge on any atom is 0.208 e. The van der Waals surface area contributed by atoms with Crippen molar-refractivity contribution in [2.24, 2.45) is 5.92 Å². The van der Waals surface area contributed by atoms with E-state index in [1.807, 2.05) is 24.3 Å². The topological polar surface area (TPSA) is 81.7 Å². The first-order valence-electron chi connectivity index (χ1n) is 12.2. The molecule has 2 aromatic carbocycles. The van der Waals surface area contributed by atoms with Gasteiger partial charge < -0.3 is 9.47 Å². The Balaban J connectivity index is 1.42. The molecule has 1 N–H and O–H groups in total. The number of hydrogen-bond acceptors (Lipinski definition) is 5. The molecule has 6 nitrogen and oxygen atoms in total. The second-order valence-corrected chi connectivity index (χ2v) is 11.4. The first-order valence-corrected chi connectivity index (χ1v) is 14.1. The van der Waals surface area contributed by atoms with E-state index in [0.29, 0.717) is 35.7 Å². The molecular formula is C27H36FNO5S. The number of hydrogen-bond donors (Lipinski definition) is 1. The Morgan fingerprint density at radius 1 is 1.17 bits per heavy atom. The fourth-order valence-electron chi connectivity index (χ4n) is 4.83. The van der Waals surface area contributed by atoms with Gasteiger partial charge in [0.2, 0.25) is 10.0 Å². The minimum Gasteiger partial charge on any atom is -0.494 e. The number of methoxy groups -OCH3 is 1. The van der Waals surface area contributed by atoms with Crippen LogP contribution < -0.4 is 14.2 Å². The molecule has 1 aliphatic rings. The van der Waals surface area contributed by atoms with E-state index in [1.165, 1.54) is 25.2 Å². The van der Waals surface area contributed by atoms with Crippen LogP contribution in [0.3, 0.4) is 0 Å². The van der Waals surface area contributed by atoms with E-state index in [1.54, 1.807) is 0 Å². The van der Waals surface area contributed by atoms with Gasteiger partial charge in [-0.25, -0.2) is 17.5 Å². The molecule has 0 aliphatic heterocycles. The summed E-state index contributed by atoms with van der Waals surface area (Å²) in [5, 5.41) is 0. The number of carbonyl (C=O) groups excluding carboxylic acids is 1. The van der Waals surface area contributed by atoms with Crippen molar-refractivity contribution in [2.75, 3.05) is 26.5 Å². The van der Waals surface area contributed by atoms with Crippen molar-refractivity contribution >= 4 is 15.8 Å². The quantitative estimate of drug-likeness (QED) is 0.379. The lowest BCUT2D eigenvalue weighted by atomic mass is 9.88. The average Bonchev–Trinajstić information content (AvgIpc) is 3.29. The van der Waals surface area contributed by atoms with Crippen LogP contribution in [0.4, 0.5) is 4.39 Å². The third-order valence-electron chi connectivity index (χ3n) is 6.72. The van der Waals surface area contributed by atoms with Crippen molar-refractivity contribution in [2.45, 2.75) is 57.3 Å². The summed E-state index contributed by atoms with van der Waals surface area (Å²) < 4.78 is 48.9. The fourth-order valence-corrected chi connectivity index (χ4v) is 5.34. The summed E-state index contributed by atoms with van der Waals surface area (Å²) in [6.07, 6.45) is 6.33. The van der Waals surface area contributed by atoms with Crippen LogP contribution in [0.5, 0.6) is 11.5 Å². The van der Waals surface area contributed by atoms with E-state index >= 15 is 0 Å². The van der Waals surface area contributed by atoms with Crippen LogP contribution in [0.2, 0.25) is 0 Å². The number of sulfonamides is 1. The summed E-state index contributed by atoms with van der Waals surface area (Å²) in [5.41, 5.74) is 2.39. The lowest BCUT2D eigenvalue weighted by molar-refractivity contribution is -0.121. The van der Waals surface area contributed by atoms with Crippen molar-refractivity contribution in [1.29, 1.82) is 0 Å². The minimum atomic E-state index is -3.22. The summed E-state index contributed by atoms with van der Waals surface area (Å²) >= 11 is 0. The lowest BCUT2D eigenvalue weighted by Crippen LogP contribution is -2.24. The van der Waals surface area contributed by atoms with E-state index in [4.69, 9.17) is 9.47 Å². The average molecular weight is 506 g/mol. The van der Waals surface area contributed by atoms with Crippen molar-refractivity contribution in [1.82, 2.24) is 4.72 Å². The Hall–Kier alpha value is -2.45. The highest BCUT2D eigenvalue weighted by molar-refractivity contribution is 7.88.